The lowest BCUT2D eigenvalue weighted by Crippen LogP contribution is -2.20. The molecule has 5 unspecified atom stereocenters. The molecule has 3 saturated carbocycles. The Morgan fingerprint density at radius 1 is 0.830 bits per heavy atom. The van der Waals surface area contributed by atoms with Gasteiger partial charge in [0.1, 0.15) is 28.0 Å². The van der Waals surface area contributed by atoms with Crippen molar-refractivity contribution in [3.8, 4) is 11.5 Å². The van der Waals surface area contributed by atoms with Crippen LogP contribution in [0.15, 0.2) is 55.0 Å². The molecule has 0 radical (unpaired) electrons. The molecule has 0 aliphatic heterocycles. The Bertz CT molecular complexity index is 1540. The van der Waals surface area contributed by atoms with Crippen LogP contribution in [0.1, 0.15) is 73.1 Å². The minimum atomic E-state index is -0.824. The number of aliphatic hydroxyl groups is 1. The number of carboxylic acid groups (broad SMARTS) is 1. The lowest BCUT2D eigenvalue weighted by Gasteiger charge is -2.13. The number of hydrogen-bond donors (Lipinski definition) is 4. The fraction of sp³-hybridized carbons (Fsp3) is 0.528. The Morgan fingerprint density at radius 3 is 1.62 bits per heavy atom. The third-order valence-electron chi connectivity index (χ3n) is 7.87. The van der Waals surface area contributed by atoms with Crippen LogP contribution in [0.3, 0.4) is 0 Å². The summed E-state index contributed by atoms with van der Waals surface area (Å²) in [6.45, 7) is 9.37. The van der Waals surface area contributed by atoms with E-state index in [0.717, 1.165) is 35.7 Å². The standard InChI is InChI=1S/C13H17BrN2O2.C10H14N2O.C5H3FN2O2.C5H10O.C3H5BrO2/c1-8(14)13(17)16-12-6-5-11(7-15-12)18-9(2)10-3-4-10;1-7(8-2-3-8)13-9-4-5-10(11)12-6-9;6-4-1-2-5(7-3-4)8(9)10;1-4(6)5-2-3-5;1-2(4)3(5)6/h5-10H,3-4H2,1-2H3,(H,15,16,17);4-8H,2-3H2,1H3,(H2,11,12);1-3H;4-6H,2-3H2,1H3;2H,1H3,(H,5,6). The topological polar surface area (TPSA) is 213 Å². The number of alkyl halides is 2. The Kier molecular flexibility index (Phi) is 19.6. The zero-order chi connectivity index (χ0) is 39.7. The molecule has 0 aromatic carbocycles. The maximum Gasteiger partial charge on any atom is 0.363 e. The number of nitrogens with zero attached hydrogens (tertiary/aromatic N) is 4. The van der Waals surface area contributed by atoms with Crippen molar-refractivity contribution in [1.82, 2.24) is 15.0 Å². The van der Waals surface area contributed by atoms with E-state index in [1.165, 1.54) is 38.5 Å². The van der Waals surface area contributed by atoms with Crippen LogP contribution in [0.2, 0.25) is 0 Å². The van der Waals surface area contributed by atoms with E-state index in [0.29, 0.717) is 29.6 Å². The number of nitrogens with one attached hydrogen (secondary N) is 1. The highest BCUT2D eigenvalue weighted by Gasteiger charge is 2.30. The largest absolute Gasteiger partial charge is 0.489 e. The van der Waals surface area contributed by atoms with Crippen molar-refractivity contribution in [2.45, 2.75) is 101 Å². The number of pyridine rings is 3. The maximum atomic E-state index is 12.1. The van der Waals surface area contributed by atoms with Gasteiger partial charge in [-0.05, 0) is 131 Å². The van der Waals surface area contributed by atoms with Crippen molar-refractivity contribution in [3.05, 3.63) is 70.9 Å². The molecule has 3 aliphatic carbocycles. The Labute approximate surface area is 325 Å². The first-order valence-corrected chi connectivity index (χ1v) is 19.1. The average molecular weight is 873 g/mol. The van der Waals surface area contributed by atoms with Crippen molar-refractivity contribution < 1.29 is 38.6 Å². The Hall–Kier alpha value is -3.96. The number of halogens is 3. The second-order valence-corrected chi connectivity index (χ2v) is 15.6. The molecule has 5 atom stereocenters. The van der Waals surface area contributed by atoms with Gasteiger partial charge in [-0.15, -0.1) is 0 Å². The average Bonchev–Trinajstić information content (AvgIpc) is 3.94. The first-order chi connectivity index (χ1) is 25.0. The fourth-order valence-corrected chi connectivity index (χ4v) is 4.13. The quantitative estimate of drug-likeness (QED) is 0.0834. The second kappa shape index (κ2) is 23.0. The molecule has 5 N–H and O–H groups in total. The summed E-state index contributed by atoms with van der Waals surface area (Å²) in [4.78, 5) is 41.0. The molecule has 1 amide bonds. The number of carboxylic acids is 1. The molecule has 292 valence electrons. The summed E-state index contributed by atoms with van der Waals surface area (Å²) in [7, 11) is 0. The number of anilines is 2. The van der Waals surface area contributed by atoms with Gasteiger partial charge < -0.3 is 40.9 Å². The number of aromatic nitrogens is 3. The van der Waals surface area contributed by atoms with Crippen LogP contribution in [-0.2, 0) is 9.59 Å². The molecule has 0 spiro atoms. The Morgan fingerprint density at radius 2 is 1.32 bits per heavy atom. The van der Waals surface area contributed by atoms with Gasteiger partial charge in [-0.2, -0.15) is 0 Å². The van der Waals surface area contributed by atoms with E-state index in [4.69, 9.17) is 25.4 Å². The number of rotatable bonds is 11. The van der Waals surface area contributed by atoms with Gasteiger partial charge in [-0.1, -0.05) is 31.9 Å². The molecule has 0 bridgehead atoms. The van der Waals surface area contributed by atoms with E-state index < -0.39 is 21.5 Å². The number of nitro groups is 1. The van der Waals surface area contributed by atoms with E-state index in [2.05, 4.69) is 66.0 Å². The maximum absolute atomic E-state index is 12.1. The number of amides is 1. The van der Waals surface area contributed by atoms with Crippen molar-refractivity contribution in [2.24, 2.45) is 17.8 Å². The highest BCUT2D eigenvalue weighted by molar-refractivity contribution is 9.10. The molecule has 3 aromatic rings. The van der Waals surface area contributed by atoms with Crippen LogP contribution in [0, 0.1) is 33.7 Å². The predicted molar refractivity (Wildman–Crippen MR) is 207 cm³/mol. The van der Waals surface area contributed by atoms with Crippen LogP contribution >= 0.6 is 31.9 Å². The summed E-state index contributed by atoms with van der Waals surface area (Å²) in [5, 5.41) is 29.3. The number of ether oxygens (including phenoxy) is 2. The first-order valence-electron chi connectivity index (χ1n) is 17.2. The molecule has 17 heteroatoms. The number of carbonyl (C=O) groups is 2. The molecular weight excluding hydrogens is 823 g/mol. The summed E-state index contributed by atoms with van der Waals surface area (Å²) < 4.78 is 23.5. The highest BCUT2D eigenvalue weighted by atomic mass is 79.9. The van der Waals surface area contributed by atoms with Crippen molar-refractivity contribution in [3.63, 3.8) is 0 Å². The summed E-state index contributed by atoms with van der Waals surface area (Å²) in [6.07, 6.45) is 12.2. The molecule has 14 nitrogen and oxygen atoms in total. The van der Waals surface area contributed by atoms with Gasteiger partial charge in [-0.3, -0.25) is 9.59 Å². The van der Waals surface area contributed by atoms with Crippen molar-refractivity contribution >= 4 is 61.2 Å². The monoisotopic (exact) mass is 870 g/mol. The van der Waals surface area contributed by atoms with Crippen LogP contribution in [0.25, 0.3) is 0 Å². The lowest BCUT2D eigenvalue weighted by atomic mass is 10.3. The van der Waals surface area contributed by atoms with Crippen LogP contribution in [0.5, 0.6) is 11.5 Å². The number of hydrogen-bond acceptors (Lipinski definition) is 11. The summed E-state index contributed by atoms with van der Waals surface area (Å²) >= 11 is 6.04. The van der Waals surface area contributed by atoms with Gasteiger partial charge in [0.25, 0.3) is 0 Å². The van der Waals surface area contributed by atoms with Gasteiger partial charge in [0.15, 0.2) is 12.0 Å². The van der Waals surface area contributed by atoms with E-state index >= 15 is 0 Å². The van der Waals surface area contributed by atoms with Crippen LogP contribution in [-0.4, -0.2) is 69.9 Å². The van der Waals surface area contributed by atoms with Gasteiger partial charge in [0, 0.05) is 6.07 Å². The van der Waals surface area contributed by atoms with Crippen molar-refractivity contribution in [1.29, 1.82) is 0 Å². The zero-order valence-corrected chi connectivity index (χ0v) is 33.6. The molecule has 6 rings (SSSR count). The smallest absolute Gasteiger partial charge is 0.363 e. The first kappa shape index (κ1) is 45.2. The SMILES string of the molecule is CC(Br)C(=O)Nc1ccc(OC(C)C2CC2)cn1.CC(Br)C(=O)O.CC(O)C1CC1.CC(Oc1ccc(N)nc1)C1CC1.O=[N+]([O-])c1ccc(F)cn1. The number of nitrogen functional groups attached to an aromatic ring is 1. The van der Waals surface area contributed by atoms with Gasteiger partial charge >= 0.3 is 11.8 Å². The molecule has 53 heavy (non-hydrogen) atoms. The van der Waals surface area contributed by atoms with Gasteiger partial charge in [0.05, 0.1) is 35.5 Å². The summed E-state index contributed by atoms with van der Waals surface area (Å²) in [5.41, 5.74) is 5.46. The van der Waals surface area contributed by atoms with Crippen LogP contribution in [0.4, 0.5) is 21.8 Å². The third-order valence-corrected chi connectivity index (χ3v) is 8.67. The fourth-order valence-electron chi connectivity index (χ4n) is 4.02. The number of nitrogens with two attached hydrogens (primary N) is 1. The normalized spacial score (nSPS) is 16.9. The lowest BCUT2D eigenvalue weighted by molar-refractivity contribution is -0.389. The van der Waals surface area contributed by atoms with E-state index in [1.54, 1.807) is 38.4 Å². The number of aliphatic hydroxyl groups excluding tert-OH is 1. The van der Waals surface area contributed by atoms with Crippen LogP contribution < -0.4 is 20.5 Å². The zero-order valence-electron chi connectivity index (χ0n) is 30.4. The molecular formula is C36H49Br2FN6O8. The van der Waals surface area contributed by atoms with E-state index in [1.807, 2.05) is 19.1 Å². The summed E-state index contributed by atoms with van der Waals surface area (Å²) in [5.74, 6) is 2.88. The summed E-state index contributed by atoms with van der Waals surface area (Å²) in [6, 6.07) is 9.21. The Balaban J connectivity index is 0.000000245. The molecule has 3 aromatic heterocycles. The molecule has 3 fully saturated rings. The van der Waals surface area contributed by atoms with Gasteiger partial charge in [-0.25, -0.2) is 14.4 Å². The van der Waals surface area contributed by atoms with Gasteiger partial charge in [0.2, 0.25) is 5.91 Å². The minimum Gasteiger partial charge on any atom is -0.489 e. The minimum absolute atomic E-state index is 0.0370. The molecule has 0 saturated heterocycles. The number of aliphatic carboxylic acids is 1. The molecule has 3 heterocycles. The number of carbonyl (C=O) groups excluding carboxylic acids is 1. The second-order valence-electron chi connectivity index (χ2n) is 12.8. The van der Waals surface area contributed by atoms with E-state index in [9.17, 15) is 24.1 Å². The predicted octanol–water partition coefficient (Wildman–Crippen LogP) is 7.58. The van der Waals surface area contributed by atoms with Crippen molar-refractivity contribution in [2.75, 3.05) is 11.1 Å². The molecule has 3 aliphatic rings. The third kappa shape index (κ3) is 20.2. The highest BCUT2D eigenvalue weighted by Crippen LogP contribution is 2.35. The van der Waals surface area contributed by atoms with E-state index in [-0.39, 0.29) is 28.8 Å².